The first-order valence-electron chi connectivity index (χ1n) is 5.73. The van der Waals surface area contributed by atoms with Crippen LogP contribution in [0, 0.1) is 0 Å². The van der Waals surface area contributed by atoms with Gasteiger partial charge in [-0.2, -0.15) is 0 Å². The number of rotatable bonds is 2. The summed E-state index contributed by atoms with van der Waals surface area (Å²) in [6.07, 6.45) is 3.11. The first-order chi connectivity index (χ1) is 8.22. The van der Waals surface area contributed by atoms with Gasteiger partial charge in [0, 0.05) is 18.7 Å². The zero-order chi connectivity index (χ0) is 12.3. The van der Waals surface area contributed by atoms with Crippen molar-refractivity contribution in [2.45, 2.75) is 19.8 Å². The Morgan fingerprint density at radius 3 is 3.12 bits per heavy atom. The zero-order valence-electron chi connectivity index (χ0n) is 9.74. The second-order valence-corrected chi connectivity index (χ2v) is 4.30. The molecular weight excluding hydrogens is 240 g/mol. The first kappa shape index (κ1) is 12.1. The van der Waals surface area contributed by atoms with Gasteiger partial charge in [0.05, 0.1) is 6.54 Å². The van der Waals surface area contributed by atoms with Gasteiger partial charge < -0.3 is 10.2 Å². The van der Waals surface area contributed by atoms with Crippen molar-refractivity contribution in [3.8, 4) is 0 Å². The lowest BCUT2D eigenvalue weighted by atomic mass is 10.2. The van der Waals surface area contributed by atoms with Crippen molar-refractivity contribution in [1.29, 1.82) is 0 Å². The van der Waals surface area contributed by atoms with Gasteiger partial charge in [-0.15, -0.1) is 0 Å². The van der Waals surface area contributed by atoms with E-state index in [0.29, 0.717) is 11.7 Å². The van der Waals surface area contributed by atoms with Crippen LogP contribution in [0.15, 0.2) is 6.33 Å². The summed E-state index contributed by atoms with van der Waals surface area (Å²) in [4.78, 5) is 21.7. The SMILES string of the molecule is CCc1c(Cl)ncnc1N1CCCNC(=O)C1. The Hall–Kier alpha value is -1.36. The van der Waals surface area contributed by atoms with Crippen LogP contribution in [-0.2, 0) is 11.2 Å². The molecule has 0 radical (unpaired) electrons. The Morgan fingerprint density at radius 2 is 2.35 bits per heavy atom. The molecule has 2 heterocycles. The molecule has 1 aliphatic rings. The summed E-state index contributed by atoms with van der Waals surface area (Å²) in [6.45, 7) is 3.86. The van der Waals surface area contributed by atoms with Crippen molar-refractivity contribution in [3.05, 3.63) is 17.0 Å². The van der Waals surface area contributed by atoms with Crippen molar-refractivity contribution in [2.75, 3.05) is 24.5 Å². The molecule has 1 amide bonds. The molecule has 92 valence electrons. The van der Waals surface area contributed by atoms with Crippen LogP contribution >= 0.6 is 11.6 Å². The first-order valence-corrected chi connectivity index (χ1v) is 6.11. The summed E-state index contributed by atoms with van der Waals surface area (Å²) in [5, 5.41) is 3.31. The summed E-state index contributed by atoms with van der Waals surface area (Å²) in [5.74, 6) is 0.809. The second-order valence-electron chi connectivity index (χ2n) is 3.95. The van der Waals surface area contributed by atoms with Crippen molar-refractivity contribution in [2.24, 2.45) is 0 Å². The number of halogens is 1. The van der Waals surface area contributed by atoms with Crippen LogP contribution in [0.1, 0.15) is 18.9 Å². The van der Waals surface area contributed by atoms with Gasteiger partial charge in [-0.1, -0.05) is 18.5 Å². The molecule has 5 nitrogen and oxygen atoms in total. The fraction of sp³-hybridized carbons (Fsp3) is 0.545. The lowest BCUT2D eigenvalue weighted by Gasteiger charge is -2.22. The van der Waals surface area contributed by atoms with E-state index in [1.54, 1.807) is 0 Å². The van der Waals surface area contributed by atoms with E-state index in [0.717, 1.165) is 37.3 Å². The molecule has 0 bridgehead atoms. The van der Waals surface area contributed by atoms with Crippen LogP contribution in [0.5, 0.6) is 0 Å². The zero-order valence-corrected chi connectivity index (χ0v) is 10.5. The molecule has 2 rings (SSSR count). The molecule has 1 aromatic rings. The van der Waals surface area contributed by atoms with E-state index in [4.69, 9.17) is 11.6 Å². The van der Waals surface area contributed by atoms with Crippen molar-refractivity contribution < 1.29 is 4.79 Å². The monoisotopic (exact) mass is 254 g/mol. The molecule has 1 fully saturated rings. The van der Waals surface area contributed by atoms with Crippen LogP contribution in [0.4, 0.5) is 5.82 Å². The number of nitrogens with zero attached hydrogens (tertiary/aromatic N) is 3. The van der Waals surface area contributed by atoms with Gasteiger partial charge >= 0.3 is 0 Å². The molecule has 0 saturated carbocycles. The van der Waals surface area contributed by atoms with Crippen LogP contribution in [-0.4, -0.2) is 35.5 Å². The van der Waals surface area contributed by atoms with Crippen LogP contribution in [0.2, 0.25) is 5.15 Å². The predicted molar refractivity (Wildman–Crippen MR) is 66.3 cm³/mol. The van der Waals surface area contributed by atoms with E-state index in [1.165, 1.54) is 6.33 Å². The van der Waals surface area contributed by atoms with Crippen LogP contribution in [0.3, 0.4) is 0 Å². The molecule has 0 unspecified atom stereocenters. The van der Waals surface area contributed by atoms with Crippen molar-refractivity contribution in [1.82, 2.24) is 15.3 Å². The number of anilines is 1. The maximum Gasteiger partial charge on any atom is 0.239 e. The van der Waals surface area contributed by atoms with Gasteiger partial charge in [0.25, 0.3) is 0 Å². The third-order valence-corrected chi connectivity index (χ3v) is 3.11. The van der Waals surface area contributed by atoms with Crippen molar-refractivity contribution in [3.63, 3.8) is 0 Å². The fourth-order valence-corrected chi connectivity index (χ4v) is 2.21. The number of amides is 1. The number of hydrogen-bond acceptors (Lipinski definition) is 4. The van der Waals surface area contributed by atoms with Crippen molar-refractivity contribution >= 4 is 23.3 Å². The largest absolute Gasteiger partial charge is 0.354 e. The highest BCUT2D eigenvalue weighted by molar-refractivity contribution is 6.30. The number of carbonyl (C=O) groups is 1. The Balaban J connectivity index is 2.31. The highest BCUT2D eigenvalue weighted by Crippen LogP contribution is 2.24. The minimum atomic E-state index is 0.0271. The average molecular weight is 255 g/mol. The second kappa shape index (κ2) is 5.31. The normalized spacial score (nSPS) is 16.6. The minimum Gasteiger partial charge on any atom is -0.354 e. The van der Waals surface area contributed by atoms with Gasteiger partial charge in [0.1, 0.15) is 17.3 Å². The summed E-state index contributed by atoms with van der Waals surface area (Å²) < 4.78 is 0. The predicted octanol–water partition coefficient (Wildman–Crippen LogP) is 1.02. The number of aromatic nitrogens is 2. The van der Waals surface area contributed by atoms with E-state index < -0.39 is 0 Å². The molecule has 6 heteroatoms. The summed E-state index contributed by atoms with van der Waals surface area (Å²) >= 11 is 6.05. The van der Waals surface area contributed by atoms with Gasteiger partial charge in [-0.25, -0.2) is 9.97 Å². The lowest BCUT2D eigenvalue weighted by molar-refractivity contribution is -0.119. The summed E-state index contributed by atoms with van der Waals surface area (Å²) in [5.41, 5.74) is 0.906. The van der Waals surface area contributed by atoms with Gasteiger partial charge in [-0.05, 0) is 12.8 Å². The molecular formula is C11H15ClN4O. The molecule has 17 heavy (non-hydrogen) atoms. The molecule has 1 aromatic heterocycles. The number of carbonyl (C=O) groups excluding carboxylic acids is 1. The molecule has 0 aliphatic carbocycles. The maximum absolute atomic E-state index is 11.5. The lowest BCUT2D eigenvalue weighted by Crippen LogP contribution is -2.34. The molecule has 0 atom stereocenters. The maximum atomic E-state index is 11.5. The van der Waals surface area contributed by atoms with Gasteiger partial charge in [0.15, 0.2) is 0 Å². The molecule has 1 aliphatic heterocycles. The van der Waals surface area contributed by atoms with E-state index in [2.05, 4.69) is 15.3 Å². The van der Waals surface area contributed by atoms with E-state index in [9.17, 15) is 4.79 Å². The fourth-order valence-electron chi connectivity index (χ4n) is 1.95. The van der Waals surface area contributed by atoms with E-state index >= 15 is 0 Å². The quantitative estimate of drug-likeness (QED) is 0.801. The van der Waals surface area contributed by atoms with Crippen LogP contribution < -0.4 is 10.2 Å². The van der Waals surface area contributed by atoms with Gasteiger partial charge in [0.2, 0.25) is 5.91 Å². The molecule has 0 spiro atoms. The standard InChI is InChI=1S/C11H15ClN4O/c1-2-8-10(12)14-7-15-11(8)16-5-3-4-13-9(17)6-16/h7H,2-6H2,1H3,(H,13,17). The Morgan fingerprint density at radius 1 is 1.53 bits per heavy atom. The third kappa shape index (κ3) is 2.66. The van der Waals surface area contributed by atoms with E-state index in [-0.39, 0.29) is 5.91 Å². The highest BCUT2D eigenvalue weighted by Gasteiger charge is 2.19. The molecule has 1 N–H and O–H groups in total. The highest BCUT2D eigenvalue weighted by atomic mass is 35.5. The Kier molecular flexibility index (Phi) is 3.78. The Bertz CT molecular complexity index is 424. The number of hydrogen-bond donors (Lipinski definition) is 1. The third-order valence-electron chi connectivity index (χ3n) is 2.78. The minimum absolute atomic E-state index is 0.0271. The van der Waals surface area contributed by atoms with Crippen LogP contribution in [0.25, 0.3) is 0 Å². The summed E-state index contributed by atoms with van der Waals surface area (Å²) in [7, 11) is 0. The molecule has 0 aromatic carbocycles. The average Bonchev–Trinajstić information content (AvgIpc) is 2.53. The smallest absolute Gasteiger partial charge is 0.239 e. The topological polar surface area (TPSA) is 58.1 Å². The Labute approximate surface area is 105 Å². The number of nitrogens with one attached hydrogen (secondary N) is 1. The van der Waals surface area contributed by atoms with Gasteiger partial charge in [-0.3, -0.25) is 4.79 Å². The van der Waals surface area contributed by atoms with E-state index in [1.807, 2.05) is 11.8 Å². The molecule has 1 saturated heterocycles. The summed E-state index contributed by atoms with van der Waals surface area (Å²) in [6, 6.07) is 0.